The van der Waals surface area contributed by atoms with E-state index in [4.69, 9.17) is 0 Å². The smallest absolute Gasteiger partial charge is 0.0101 e. The maximum atomic E-state index is 4.11. The standard InChI is InChI=1S/C5H7NS/c7-5-2-1-3-6-4-5/h1,3-4,6-7H,2H2. The highest BCUT2D eigenvalue weighted by atomic mass is 32.1. The number of allylic oxidation sites excluding steroid dienone is 2. The molecule has 0 aromatic rings. The van der Waals surface area contributed by atoms with E-state index in [1.54, 1.807) is 0 Å². The third-order valence-corrected chi connectivity index (χ3v) is 1.10. The van der Waals surface area contributed by atoms with Gasteiger partial charge in [0.25, 0.3) is 0 Å². The second kappa shape index (κ2) is 2.07. The normalized spacial score (nSPS) is 18.1. The van der Waals surface area contributed by atoms with Crippen molar-refractivity contribution in [2.75, 3.05) is 0 Å². The van der Waals surface area contributed by atoms with Crippen LogP contribution in [0.5, 0.6) is 0 Å². The average molecular weight is 113 g/mol. The second-order valence-electron chi connectivity index (χ2n) is 1.41. The number of nitrogens with one attached hydrogen (secondary N) is 1. The lowest BCUT2D eigenvalue weighted by atomic mass is 10.3. The summed E-state index contributed by atoms with van der Waals surface area (Å²) in [6.07, 6.45) is 6.78. The maximum absolute atomic E-state index is 4.11. The lowest BCUT2D eigenvalue weighted by Gasteiger charge is -1.99. The molecule has 0 bridgehead atoms. The Morgan fingerprint density at radius 2 is 2.57 bits per heavy atom. The van der Waals surface area contributed by atoms with Crippen molar-refractivity contribution in [3.05, 3.63) is 23.4 Å². The van der Waals surface area contributed by atoms with Crippen LogP contribution in [0.1, 0.15) is 6.42 Å². The molecule has 1 rings (SSSR count). The molecule has 0 spiro atoms. The molecule has 1 aliphatic rings. The molecule has 7 heavy (non-hydrogen) atoms. The topological polar surface area (TPSA) is 12.0 Å². The second-order valence-corrected chi connectivity index (χ2v) is 1.98. The Labute approximate surface area is 48.5 Å². The van der Waals surface area contributed by atoms with Crippen LogP contribution in [0.2, 0.25) is 0 Å². The molecule has 1 aliphatic heterocycles. The molecule has 38 valence electrons. The molecule has 0 aliphatic carbocycles. The summed E-state index contributed by atoms with van der Waals surface area (Å²) in [6.45, 7) is 0. The quantitative estimate of drug-likeness (QED) is 0.451. The molecule has 0 aromatic carbocycles. The van der Waals surface area contributed by atoms with Crippen LogP contribution in [0.4, 0.5) is 0 Å². The summed E-state index contributed by atoms with van der Waals surface area (Å²) in [7, 11) is 0. The average Bonchev–Trinajstić information content (AvgIpc) is 1.69. The van der Waals surface area contributed by atoms with Crippen LogP contribution < -0.4 is 5.32 Å². The Balaban J connectivity index is 2.50. The minimum atomic E-state index is 0.968. The monoisotopic (exact) mass is 113 g/mol. The van der Waals surface area contributed by atoms with E-state index in [9.17, 15) is 0 Å². The summed E-state index contributed by atoms with van der Waals surface area (Å²) >= 11 is 4.11. The molecule has 1 N–H and O–H groups in total. The Hall–Kier alpha value is -0.370. The lowest BCUT2D eigenvalue weighted by molar-refractivity contribution is 1.10. The first-order valence-electron chi connectivity index (χ1n) is 2.18. The number of dihydropyridines is 1. The Kier molecular flexibility index (Phi) is 1.42. The van der Waals surface area contributed by atoms with E-state index in [-0.39, 0.29) is 0 Å². The van der Waals surface area contributed by atoms with E-state index < -0.39 is 0 Å². The SMILES string of the molecule is SC1=CNC=CC1. The molecular weight excluding hydrogens is 106 g/mol. The summed E-state index contributed by atoms with van der Waals surface area (Å²) in [5.74, 6) is 0. The largest absolute Gasteiger partial charge is 0.367 e. The minimum Gasteiger partial charge on any atom is -0.367 e. The highest BCUT2D eigenvalue weighted by Gasteiger charge is 1.87. The maximum Gasteiger partial charge on any atom is 0.0101 e. The zero-order chi connectivity index (χ0) is 5.11. The van der Waals surface area contributed by atoms with Crippen molar-refractivity contribution < 1.29 is 0 Å². The van der Waals surface area contributed by atoms with Crippen LogP contribution in [0.15, 0.2) is 23.4 Å². The van der Waals surface area contributed by atoms with E-state index in [0.717, 1.165) is 11.3 Å². The third kappa shape index (κ3) is 1.27. The van der Waals surface area contributed by atoms with Crippen LogP contribution in [-0.2, 0) is 0 Å². The zero-order valence-corrected chi connectivity index (χ0v) is 4.78. The van der Waals surface area contributed by atoms with Crippen molar-refractivity contribution in [1.29, 1.82) is 0 Å². The molecule has 0 radical (unpaired) electrons. The van der Waals surface area contributed by atoms with Gasteiger partial charge in [0, 0.05) is 11.1 Å². The zero-order valence-electron chi connectivity index (χ0n) is 3.89. The van der Waals surface area contributed by atoms with Gasteiger partial charge in [-0.2, -0.15) is 0 Å². The van der Waals surface area contributed by atoms with Gasteiger partial charge < -0.3 is 5.32 Å². The summed E-state index contributed by atoms with van der Waals surface area (Å²) in [5, 5.41) is 2.92. The highest BCUT2D eigenvalue weighted by Crippen LogP contribution is 2.07. The van der Waals surface area contributed by atoms with E-state index in [2.05, 4.69) is 17.9 Å². The highest BCUT2D eigenvalue weighted by molar-refractivity contribution is 7.84. The molecule has 1 heterocycles. The number of hydrogen-bond donors (Lipinski definition) is 2. The predicted molar refractivity (Wildman–Crippen MR) is 34.0 cm³/mol. The van der Waals surface area contributed by atoms with E-state index in [1.165, 1.54) is 0 Å². The summed E-state index contributed by atoms with van der Waals surface area (Å²) in [4.78, 5) is 1.09. The van der Waals surface area contributed by atoms with Gasteiger partial charge in [0.1, 0.15) is 0 Å². The molecule has 0 amide bonds. The molecular formula is C5H7NS. The first-order chi connectivity index (χ1) is 3.39. The number of rotatable bonds is 0. The van der Waals surface area contributed by atoms with Crippen molar-refractivity contribution in [3.63, 3.8) is 0 Å². The lowest BCUT2D eigenvalue weighted by Crippen LogP contribution is -1.96. The summed E-state index contributed by atoms with van der Waals surface area (Å²) in [6, 6.07) is 0. The van der Waals surface area contributed by atoms with Crippen LogP contribution in [0, 0.1) is 0 Å². The van der Waals surface area contributed by atoms with Gasteiger partial charge in [0.2, 0.25) is 0 Å². The molecule has 0 saturated carbocycles. The molecule has 0 unspecified atom stereocenters. The molecule has 0 aromatic heterocycles. The van der Waals surface area contributed by atoms with Gasteiger partial charge in [-0.15, -0.1) is 12.6 Å². The number of hydrogen-bond acceptors (Lipinski definition) is 2. The van der Waals surface area contributed by atoms with E-state index in [1.807, 2.05) is 18.5 Å². The van der Waals surface area contributed by atoms with Crippen LogP contribution in [0.3, 0.4) is 0 Å². The third-order valence-electron chi connectivity index (χ3n) is 0.791. The van der Waals surface area contributed by atoms with Crippen LogP contribution in [-0.4, -0.2) is 0 Å². The minimum absolute atomic E-state index is 0.968. The van der Waals surface area contributed by atoms with Crippen molar-refractivity contribution in [1.82, 2.24) is 5.32 Å². The van der Waals surface area contributed by atoms with Gasteiger partial charge in [-0.05, 0) is 12.6 Å². The molecule has 0 fully saturated rings. The predicted octanol–water partition coefficient (Wildman–Crippen LogP) is 1.26. The van der Waals surface area contributed by atoms with Crippen LogP contribution >= 0.6 is 12.6 Å². The Morgan fingerprint density at radius 1 is 1.71 bits per heavy atom. The van der Waals surface area contributed by atoms with Gasteiger partial charge in [0.15, 0.2) is 0 Å². The first kappa shape index (κ1) is 4.78. The Bertz CT molecular complexity index is 115. The number of thiol groups is 1. The fraction of sp³-hybridized carbons (Fsp3) is 0.200. The van der Waals surface area contributed by atoms with Crippen molar-refractivity contribution in [2.45, 2.75) is 6.42 Å². The van der Waals surface area contributed by atoms with Crippen molar-refractivity contribution in [3.8, 4) is 0 Å². The van der Waals surface area contributed by atoms with Crippen molar-refractivity contribution >= 4 is 12.6 Å². The molecule has 0 atom stereocenters. The van der Waals surface area contributed by atoms with Gasteiger partial charge >= 0.3 is 0 Å². The van der Waals surface area contributed by atoms with E-state index in [0.29, 0.717) is 0 Å². The van der Waals surface area contributed by atoms with Gasteiger partial charge in [-0.25, -0.2) is 0 Å². The van der Waals surface area contributed by atoms with Gasteiger partial charge in [-0.1, -0.05) is 6.08 Å². The van der Waals surface area contributed by atoms with Crippen LogP contribution in [0.25, 0.3) is 0 Å². The molecule has 0 saturated heterocycles. The molecule has 2 heteroatoms. The van der Waals surface area contributed by atoms with Crippen molar-refractivity contribution in [2.24, 2.45) is 0 Å². The summed E-state index contributed by atoms with van der Waals surface area (Å²) < 4.78 is 0. The fourth-order valence-corrected chi connectivity index (χ4v) is 0.631. The van der Waals surface area contributed by atoms with Gasteiger partial charge in [0.05, 0.1) is 0 Å². The van der Waals surface area contributed by atoms with Gasteiger partial charge in [-0.3, -0.25) is 0 Å². The van der Waals surface area contributed by atoms with E-state index >= 15 is 0 Å². The summed E-state index contributed by atoms with van der Waals surface area (Å²) in [5.41, 5.74) is 0. The Morgan fingerprint density at radius 3 is 2.86 bits per heavy atom. The first-order valence-corrected chi connectivity index (χ1v) is 2.63. The molecule has 1 nitrogen and oxygen atoms in total. The fourth-order valence-electron chi connectivity index (χ4n) is 0.451.